The molecule has 1 aromatic carbocycles. The average molecular weight is 315 g/mol. The van der Waals surface area contributed by atoms with Gasteiger partial charge in [0, 0.05) is 18.7 Å². The smallest absolute Gasteiger partial charge is 0.311 e. The molecule has 0 heterocycles. The molecular formula is C13H17NO6S. The van der Waals surface area contributed by atoms with E-state index in [1.165, 1.54) is 32.2 Å². The van der Waals surface area contributed by atoms with Crippen molar-refractivity contribution < 1.29 is 24.7 Å². The Balaban J connectivity index is 2.81. The first-order valence-corrected chi connectivity index (χ1v) is 7.17. The zero-order valence-corrected chi connectivity index (χ0v) is 12.5. The van der Waals surface area contributed by atoms with E-state index in [0.717, 1.165) is 11.8 Å². The highest BCUT2D eigenvalue weighted by Crippen LogP contribution is 2.31. The van der Waals surface area contributed by atoms with Gasteiger partial charge in [-0.25, -0.2) is 0 Å². The van der Waals surface area contributed by atoms with Gasteiger partial charge in [0.2, 0.25) is 0 Å². The van der Waals surface area contributed by atoms with Crippen molar-refractivity contribution in [1.29, 1.82) is 0 Å². The first-order chi connectivity index (χ1) is 9.86. The predicted molar refractivity (Wildman–Crippen MR) is 78.4 cm³/mol. The maximum Gasteiger partial charge on any atom is 0.311 e. The Hall–Kier alpha value is -1.64. The zero-order chi connectivity index (χ0) is 16.0. The van der Waals surface area contributed by atoms with Crippen LogP contribution < -0.4 is 4.74 Å². The molecule has 0 aromatic heterocycles. The minimum absolute atomic E-state index is 0.0724. The highest BCUT2D eigenvalue weighted by molar-refractivity contribution is 8.13. The van der Waals surface area contributed by atoms with Crippen LogP contribution in [0.3, 0.4) is 0 Å². The topological polar surface area (TPSA) is 110 Å². The molecule has 2 atom stereocenters. The van der Waals surface area contributed by atoms with Crippen molar-refractivity contribution in [3.63, 3.8) is 0 Å². The van der Waals surface area contributed by atoms with Gasteiger partial charge in [-0.1, -0.05) is 17.8 Å². The maximum atomic E-state index is 10.9. The summed E-state index contributed by atoms with van der Waals surface area (Å²) in [4.78, 5) is 21.1. The molecule has 0 aliphatic rings. The van der Waals surface area contributed by atoms with Crippen LogP contribution >= 0.6 is 11.8 Å². The number of rotatable bonds is 7. The van der Waals surface area contributed by atoms with E-state index in [1.54, 1.807) is 0 Å². The van der Waals surface area contributed by atoms with Crippen LogP contribution in [0.2, 0.25) is 0 Å². The predicted octanol–water partition coefficient (Wildman–Crippen LogP) is 1.67. The molecule has 0 saturated heterocycles. The molecular weight excluding hydrogens is 298 g/mol. The lowest BCUT2D eigenvalue weighted by Crippen LogP contribution is -2.19. The molecule has 7 nitrogen and oxygen atoms in total. The van der Waals surface area contributed by atoms with Gasteiger partial charge >= 0.3 is 5.69 Å². The molecule has 0 aliphatic carbocycles. The van der Waals surface area contributed by atoms with Gasteiger partial charge in [0.05, 0.1) is 18.1 Å². The first-order valence-electron chi connectivity index (χ1n) is 6.18. The summed E-state index contributed by atoms with van der Waals surface area (Å²) < 4.78 is 4.87. The maximum absolute atomic E-state index is 10.9. The molecule has 0 fully saturated rings. The first kappa shape index (κ1) is 17.4. The summed E-state index contributed by atoms with van der Waals surface area (Å²) in [5, 5.41) is 30.7. The SMILES string of the molecule is COc1ccc(C(O)C(O)CCSC(C)=O)cc1[N+](=O)[O-]. The summed E-state index contributed by atoms with van der Waals surface area (Å²) in [7, 11) is 1.31. The summed E-state index contributed by atoms with van der Waals surface area (Å²) in [6.07, 6.45) is -2.17. The highest BCUT2D eigenvalue weighted by atomic mass is 32.2. The van der Waals surface area contributed by atoms with Crippen molar-refractivity contribution in [2.24, 2.45) is 0 Å². The number of hydrogen-bond donors (Lipinski definition) is 2. The number of thioether (sulfide) groups is 1. The average Bonchev–Trinajstić information content (AvgIpc) is 2.45. The number of benzene rings is 1. The van der Waals surface area contributed by atoms with Crippen molar-refractivity contribution in [2.75, 3.05) is 12.9 Å². The lowest BCUT2D eigenvalue weighted by molar-refractivity contribution is -0.385. The van der Waals surface area contributed by atoms with E-state index in [2.05, 4.69) is 0 Å². The molecule has 1 aromatic rings. The number of ether oxygens (including phenoxy) is 1. The van der Waals surface area contributed by atoms with Crippen LogP contribution in [-0.4, -0.2) is 39.2 Å². The van der Waals surface area contributed by atoms with Crippen LogP contribution in [0, 0.1) is 10.1 Å². The third-order valence-electron chi connectivity index (χ3n) is 2.82. The Morgan fingerprint density at radius 1 is 1.48 bits per heavy atom. The molecule has 0 aliphatic heterocycles. The van der Waals surface area contributed by atoms with Gasteiger partial charge in [0.25, 0.3) is 0 Å². The van der Waals surface area contributed by atoms with Gasteiger partial charge in [-0.15, -0.1) is 0 Å². The number of methoxy groups -OCH3 is 1. The highest BCUT2D eigenvalue weighted by Gasteiger charge is 2.23. The summed E-state index contributed by atoms with van der Waals surface area (Å²) in [6, 6.07) is 4.00. The van der Waals surface area contributed by atoms with E-state index in [9.17, 15) is 25.1 Å². The van der Waals surface area contributed by atoms with Gasteiger partial charge in [-0.2, -0.15) is 0 Å². The van der Waals surface area contributed by atoms with Crippen LogP contribution in [0.1, 0.15) is 25.0 Å². The second kappa shape index (κ2) is 7.96. The summed E-state index contributed by atoms with van der Waals surface area (Å²) >= 11 is 1.05. The molecule has 0 saturated carbocycles. The Morgan fingerprint density at radius 3 is 2.67 bits per heavy atom. The van der Waals surface area contributed by atoms with E-state index in [4.69, 9.17) is 4.74 Å². The van der Waals surface area contributed by atoms with Crippen molar-refractivity contribution in [1.82, 2.24) is 0 Å². The van der Waals surface area contributed by atoms with Crippen LogP contribution in [0.25, 0.3) is 0 Å². The number of carbonyl (C=O) groups excluding carboxylic acids is 1. The number of nitro benzene ring substituents is 1. The van der Waals surface area contributed by atoms with Gasteiger partial charge in [0.15, 0.2) is 10.9 Å². The number of nitrogens with zero attached hydrogens (tertiary/aromatic N) is 1. The quantitative estimate of drug-likeness (QED) is 0.581. The number of hydrogen-bond acceptors (Lipinski definition) is 7. The number of nitro groups is 1. The van der Waals surface area contributed by atoms with Crippen molar-refractivity contribution in [2.45, 2.75) is 25.6 Å². The van der Waals surface area contributed by atoms with E-state index in [1.807, 2.05) is 0 Å². The molecule has 2 N–H and O–H groups in total. The fraction of sp³-hybridized carbons (Fsp3) is 0.462. The molecule has 116 valence electrons. The van der Waals surface area contributed by atoms with E-state index >= 15 is 0 Å². The minimum Gasteiger partial charge on any atom is -0.490 e. The van der Waals surface area contributed by atoms with Crippen LogP contribution in [-0.2, 0) is 4.79 Å². The Bertz CT molecular complexity index is 521. The van der Waals surface area contributed by atoms with E-state index < -0.39 is 17.1 Å². The van der Waals surface area contributed by atoms with Crippen molar-refractivity contribution in [3.05, 3.63) is 33.9 Å². The molecule has 0 bridgehead atoms. The van der Waals surface area contributed by atoms with E-state index in [0.29, 0.717) is 5.75 Å². The molecule has 0 spiro atoms. The normalized spacial score (nSPS) is 13.5. The lowest BCUT2D eigenvalue weighted by atomic mass is 10.0. The third-order valence-corrected chi connectivity index (χ3v) is 3.67. The number of aliphatic hydroxyl groups is 2. The summed E-state index contributed by atoms with van der Waals surface area (Å²) in [6.45, 7) is 1.42. The number of carbonyl (C=O) groups is 1. The van der Waals surface area contributed by atoms with Crippen molar-refractivity contribution in [3.8, 4) is 5.75 Å². The van der Waals surface area contributed by atoms with Gasteiger partial charge < -0.3 is 14.9 Å². The standard InChI is InChI=1S/C13H17NO6S/c1-8(15)21-6-5-11(16)13(17)9-3-4-12(20-2)10(7-9)14(18)19/h3-4,7,11,13,16-17H,5-6H2,1-2H3. The summed E-state index contributed by atoms with van der Waals surface area (Å²) in [5.74, 6) is 0.448. The summed E-state index contributed by atoms with van der Waals surface area (Å²) in [5.41, 5.74) is -0.0535. The fourth-order valence-electron chi connectivity index (χ4n) is 1.74. The van der Waals surface area contributed by atoms with E-state index in [-0.39, 0.29) is 28.5 Å². The molecule has 2 unspecified atom stereocenters. The van der Waals surface area contributed by atoms with Crippen molar-refractivity contribution >= 4 is 22.6 Å². The second-order valence-electron chi connectivity index (χ2n) is 4.33. The van der Waals surface area contributed by atoms with Crippen LogP contribution in [0.5, 0.6) is 5.75 Å². The monoisotopic (exact) mass is 315 g/mol. The number of aliphatic hydroxyl groups excluding tert-OH is 2. The molecule has 0 radical (unpaired) electrons. The fourth-order valence-corrected chi connectivity index (χ4v) is 2.38. The van der Waals surface area contributed by atoms with Gasteiger partial charge in [-0.05, 0) is 18.1 Å². The third kappa shape index (κ3) is 5.00. The second-order valence-corrected chi connectivity index (χ2v) is 5.60. The molecule has 0 amide bonds. The van der Waals surface area contributed by atoms with Gasteiger partial charge in [0.1, 0.15) is 6.10 Å². The Kier molecular flexibility index (Phi) is 6.60. The Labute approximate surface area is 126 Å². The lowest BCUT2D eigenvalue weighted by Gasteiger charge is -2.18. The molecule has 21 heavy (non-hydrogen) atoms. The van der Waals surface area contributed by atoms with Crippen LogP contribution in [0.4, 0.5) is 5.69 Å². The minimum atomic E-state index is -1.26. The zero-order valence-electron chi connectivity index (χ0n) is 11.7. The van der Waals surface area contributed by atoms with Gasteiger partial charge in [-0.3, -0.25) is 14.9 Å². The molecule has 1 rings (SSSR count). The molecule has 8 heteroatoms. The largest absolute Gasteiger partial charge is 0.490 e. The van der Waals surface area contributed by atoms with Crippen LogP contribution in [0.15, 0.2) is 18.2 Å². The Morgan fingerprint density at radius 2 is 2.14 bits per heavy atom.